The highest BCUT2D eigenvalue weighted by atomic mass is 16.4. The van der Waals surface area contributed by atoms with Crippen molar-refractivity contribution in [2.45, 2.75) is 13.8 Å². The monoisotopic (exact) mass is 350 g/mol. The summed E-state index contributed by atoms with van der Waals surface area (Å²) in [6, 6.07) is 21.4. The van der Waals surface area contributed by atoms with E-state index in [-0.39, 0.29) is 11.1 Å². The summed E-state index contributed by atoms with van der Waals surface area (Å²) in [5.74, 6) is -1.87. The molecule has 0 amide bonds. The first kappa shape index (κ1) is 20.6. The molecule has 4 heteroatoms. The van der Waals surface area contributed by atoms with Crippen molar-refractivity contribution in [3.8, 4) is 0 Å². The molecule has 0 saturated carbocycles. The molecule has 0 atom stereocenters. The first-order valence-electron chi connectivity index (χ1n) is 7.88. The number of benzene rings is 3. The van der Waals surface area contributed by atoms with Crippen molar-refractivity contribution in [1.82, 2.24) is 0 Å². The Morgan fingerprint density at radius 3 is 1.19 bits per heavy atom. The molecule has 134 valence electrons. The number of fused-ring (bicyclic) bond motifs is 3. The van der Waals surface area contributed by atoms with Crippen LogP contribution in [0.15, 0.2) is 85.0 Å². The lowest BCUT2D eigenvalue weighted by Crippen LogP contribution is -1.92. The molecule has 0 saturated heterocycles. The van der Waals surface area contributed by atoms with Crippen molar-refractivity contribution in [3.63, 3.8) is 0 Å². The van der Waals surface area contributed by atoms with Crippen LogP contribution in [0.2, 0.25) is 0 Å². The molecule has 0 aliphatic heterocycles. The topological polar surface area (TPSA) is 74.6 Å². The molecule has 0 aliphatic carbocycles. The Morgan fingerprint density at radius 2 is 0.923 bits per heavy atom. The van der Waals surface area contributed by atoms with Gasteiger partial charge in [0.1, 0.15) is 0 Å². The van der Waals surface area contributed by atoms with E-state index in [2.05, 4.69) is 73.8 Å². The SMILES string of the molecule is C=C(C)C(=O)O.C=C(C)C(=O)O.c1ccc2c(c1)ccc1ccccc12. The number of carboxylic acids is 2. The van der Waals surface area contributed by atoms with Crippen LogP contribution in [0.4, 0.5) is 0 Å². The number of aliphatic carboxylic acids is 2. The van der Waals surface area contributed by atoms with Crippen LogP contribution in [0.3, 0.4) is 0 Å². The van der Waals surface area contributed by atoms with E-state index in [9.17, 15) is 9.59 Å². The molecule has 2 N–H and O–H groups in total. The minimum atomic E-state index is -0.935. The van der Waals surface area contributed by atoms with Gasteiger partial charge < -0.3 is 10.2 Å². The second-order valence-electron chi connectivity index (χ2n) is 5.68. The van der Waals surface area contributed by atoms with Crippen molar-refractivity contribution >= 4 is 33.5 Å². The molecule has 3 rings (SSSR count). The molecular formula is C22H22O4. The largest absolute Gasteiger partial charge is 0.478 e. The van der Waals surface area contributed by atoms with Gasteiger partial charge >= 0.3 is 11.9 Å². The number of hydrogen-bond acceptors (Lipinski definition) is 2. The first-order chi connectivity index (χ1) is 12.2. The number of carboxylic acid groups (broad SMARTS) is 2. The van der Waals surface area contributed by atoms with Crippen LogP contribution in [0.5, 0.6) is 0 Å². The molecule has 0 fully saturated rings. The van der Waals surface area contributed by atoms with Gasteiger partial charge in [0, 0.05) is 11.1 Å². The summed E-state index contributed by atoms with van der Waals surface area (Å²) in [4.78, 5) is 19.2. The van der Waals surface area contributed by atoms with E-state index in [1.165, 1.54) is 35.4 Å². The van der Waals surface area contributed by atoms with Gasteiger partial charge in [-0.05, 0) is 35.4 Å². The van der Waals surface area contributed by atoms with Crippen LogP contribution in [-0.4, -0.2) is 22.2 Å². The summed E-state index contributed by atoms with van der Waals surface area (Å²) in [5, 5.41) is 21.1. The minimum absolute atomic E-state index is 0.176. The fraction of sp³-hybridized carbons (Fsp3) is 0.0909. The van der Waals surface area contributed by atoms with Crippen molar-refractivity contribution in [2.75, 3.05) is 0 Å². The second kappa shape index (κ2) is 9.79. The Labute approximate surface area is 152 Å². The van der Waals surface area contributed by atoms with Crippen molar-refractivity contribution in [3.05, 3.63) is 85.0 Å². The zero-order valence-electron chi connectivity index (χ0n) is 14.9. The van der Waals surface area contributed by atoms with Gasteiger partial charge in [-0.2, -0.15) is 0 Å². The third-order valence-electron chi connectivity index (χ3n) is 3.38. The highest BCUT2D eigenvalue weighted by Gasteiger charge is 1.97. The molecular weight excluding hydrogens is 328 g/mol. The van der Waals surface area contributed by atoms with Crippen LogP contribution < -0.4 is 0 Å². The maximum atomic E-state index is 9.60. The maximum Gasteiger partial charge on any atom is 0.330 e. The Bertz CT molecular complexity index is 852. The summed E-state index contributed by atoms with van der Waals surface area (Å²) in [5.41, 5.74) is 0.352. The van der Waals surface area contributed by atoms with Crippen molar-refractivity contribution in [1.29, 1.82) is 0 Å². The fourth-order valence-electron chi connectivity index (χ4n) is 1.95. The van der Waals surface area contributed by atoms with E-state index in [0.717, 1.165) is 0 Å². The summed E-state index contributed by atoms with van der Waals surface area (Å²) in [6.45, 7) is 9.20. The molecule has 0 unspecified atom stereocenters. The highest BCUT2D eigenvalue weighted by Crippen LogP contribution is 2.24. The summed E-state index contributed by atoms with van der Waals surface area (Å²) in [6.07, 6.45) is 0. The van der Waals surface area contributed by atoms with Gasteiger partial charge in [0.15, 0.2) is 0 Å². The van der Waals surface area contributed by atoms with E-state index < -0.39 is 11.9 Å². The van der Waals surface area contributed by atoms with Gasteiger partial charge in [0.25, 0.3) is 0 Å². The summed E-state index contributed by atoms with van der Waals surface area (Å²) in [7, 11) is 0. The zero-order chi connectivity index (χ0) is 19.7. The van der Waals surface area contributed by atoms with Gasteiger partial charge in [0.05, 0.1) is 0 Å². The lowest BCUT2D eigenvalue weighted by atomic mass is 10.0. The number of rotatable bonds is 2. The summed E-state index contributed by atoms with van der Waals surface area (Å²) < 4.78 is 0. The van der Waals surface area contributed by atoms with Crippen molar-refractivity contribution in [2.24, 2.45) is 0 Å². The van der Waals surface area contributed by atoms with E-state index in [4.69, 9.17) is 10.2 Å². The van der Waals surface area contributed by atoms with Crippen LogP contribution in [0, 0.1) is 0 Å². The lowest BCUT2D eigenvalue weighted by Gasteiger charge is -2.02. The molecule has 4 nitrogen and oxygen atoms in total. The molecule has 0 bridgehead atoms. The fourth-order valence-corrected chi connectivity index (χ4v) is 1.95. The van der Waals surface area contributed by atoms with E-state index in [0.29, 0.717) is 0 Å². The predicted molar refractivity (Wildman–Crippen MR) is 106 cm³/mol. The quantitative estimate of drug-likeness (QED) is 0.486. The molecule has 0 radical (unpaired) electrons. The van der Waals surface area contributed by atoms with Crippen LogP contribution >= 0.6 is 0 Å². The van der Waals surface area contributed by atoms with Gasteiger partial charge in [-0.3, -0.25) is 0 Å². The molecule has 3 aromatic carbocycles. The maximum absolute atomic E-state index is 9.60. The van der Waals surface area contributed by atoms with E-state index in [1.54, 1.807) is 0 Å². The van der Waals surface area contributed by atoms with Gasteiger partial charge in [-0.1, -0.05) is 73.8 Å². The highest BCUT2D eigenvalue weighted by molar-refractivity contribution is 6.07. The van der Waals surface area contributed by atoms with E-state index >= 15 is 0 Å². The van der Waals surface area contributed by atoms with Gasteiger partial charge in [-0.15, -0.1) is 0 Å². The second-order valence-corrected chi connectivity index (χ2v) is 5.68. The van der Waals surface area contributed by atoms with E-state index in [1.807, 2.05) is 0 Å². The molecule has 3 aromatic rings. The third-order valence-corrected chi connectivity index (χ3v) is 3.38. The standard InChI is InChI=1S/C14H10.2C4H6O2/c1-3-7-13-11(5-1)9-10-12-6-2-4-8-14(12)13;2*1-3(2)4(5)6/h1-10H;2*1H2,2H3,(H,5,6). The number of hydrogen-bond donors (Lipinski definition) is 2. The first-order valence-corrected chi connectivity index (χ1v) is 7.88. The summed E-state index contributed by atoms with van der Waals surface area (Å²) >= 11 is 0. The average Bonchev–Trinajstić information content (AvgIpc) is 2.62. The van der Waals surface area contributed by atoms with Crippen LogP contribution in [0.1, 0.15) is 13.8 Å². The molecule has 26 heavy (non-hydrogen) atoms. The molecule has 0 aromatic heterocycles. The van der Waals surface area contributed by atoms with Crippen LogP contribution in [0.25, 0.3) is 21.5 Å². The molecule has 0 heterocycles. The Hall–Kier alpha value is -3.40. The normalized spacial score (nSPS) is 9.31. The molecule has 0 aliphatic rings. The van der Waals surface area contributed by atoms with Crippen molar-refractivity contribution < 1.29 is 19.8 Å². The predicted octanol–water partition coefficient (Wildman–Crippen LogP) is 5.29. The zero-order valence-corrected chi connectivity index (χ0v) is 14.9. The lowest BCUT2D eigenvalue weighted by molar-refractivity contribution is -0.133. The van der Waals surface area contributed by atoms with Crippen LogP contribution in [-0.2, 0) is 9.59 Å². The average molecular weight is 350 g/mol. The minimum Gasteiger partial charge on any atom is -0.478 e. The number of carbonyl (C=O) groups is 2. The Kier molecular flexibility index (Phi) is 7.77. The van der Waals surface area contributed by atoms with Gasteiger partial charge in [-0.25, -0.2) is 9.59 Å². The third kappa shape index (κ3) is 6.24. The Balaban J connectivity index is 0.000000238. The Morgan fingerprint density at radius 1 is 0.654 bits per heavy atom. The van der Waals surface area contributed by atoms with Gasteiger partial charge in [0.2, 0.25) is 0 Å². The smallest absolute Gasteiger partial charge is 0.330 e. The molecule has 0 spiro atoms.